The van der Waals surface area contributed by atoms with Crippen LogP contribution in [0.2, 0.25) is 0 Å². The van der Waals surface area contributed by atoms with Crippen molar-refractivity contribution in [3.05, 3.63) is 77.1 Å². The van der Waals surface area contributed by atoms with Gasteiger partial charge >= 0.3 is 0 Å². The number of nitrogens with zero attached hydrogens (tertiary/aromatic N) is 2. The van der Waals surface area contributed by atoms with Gasteiger partial charge in [0.2, 0.25) is 0 Å². The van der Waals surface area contributed by atoms with E-state index in [1.807, 2.05) is 64.1 Å². The minimum absolute atomic E-state index is 0.0371. The van der Waals surface area contributed by atoms with Crippen LogP contribution in [0.4, 0.5) is 5.69 Å². The first-order chi connectivity index (χ1) is 13.3. The molecule has 0 aliphatic rings. The van der Waals surface area contributed by atoms with Crippen molar-refractivity contribution >= 4 is 17.5 Å². The standard InChI is InChI=1S/C22H24N4O2/c1-14(2)23-21(27)19-13-17(11-10-15(19)3)24-22(28)20-12-16(4)26(25-20)18-8-6-5-7-9-18/h5-14H,1-4H3,(H,23,27)(H,24,28). The van der Waals surface area contributed by atoms with Crippen molar-refractivity contribution < 1.29 is 9.59 Å². The van der Waals surface area contributed by atoms with Crippen molar-refractivity contribution in [3.8, 4) is 5.69 Å². The number of para-hydroxylation sites is 1. The van der Waals surface area contributed by atoms with E-state index in [4.69, 9.17) is 0 Å². The van der Waals surface area contributed by atoms with Crippen molar-refractivity contribution in [1.29, 1.82) is 0 Å². The van der Waals surface area contributed by atoms with Gasteiger partial charge in [-0.3, -0.25) is 9.59 Å². The van der Waals surface area contributed by atoms with Gasteiger partial charge in [-0.1, -0.05) is 24.3 Å². The topological polar surface area (TPSA) is 76.0 Å². The molecular weight excluding hydrogens is 352 g/mol. The lowest BCUT2D eigenvalue weighted by atomic mass is 10.1. The van der Waals surface area contributed by atoms with Gasteiger partial charge in [-0.15, -0.1) is 0 Å². The Labute approximate surface area is 164 Å². The van der Waals surface area contributed by atoms with Gasteiger partial charge in [0.05, 0.1) is 5.69 Å². The molecule has 28 heavy (non-hydrogen) atoms. The minimum Gasteiger partial charge on any atom is -0.350 e. The highest BCUT2D eigenvalue weighted by atomic mass is 16.2. The van der Waals surface area contributed by atoms with E-state index in [1.54, 1.807) is 22.9 Å². The third-order valence-electron chi connectivity index (χ3n) is 4.28. The van der Waals surface area contributed by atoms with Crippen LogP contribution in [0.3, 0.4) is 0 Å². The molecule has 0 aliphatic carbocycles. The van der Waals surface area contributed by atoms with Crippen LogP contribution >= 0.6 is 0 Å². The molecule has 0 saturated carbocycles. The summed E-state index contributed by atoms with van der Waals surface area (Å²) in [5.74, 6) is -0.482. The van der Waals surface area contributed by atoms with Crippen molar-refractivity contribution in [2.45, 2.75) is 33.7 Å². The smallest absolute Gasteiger partial charge is 0.276 e. The van der Waals surface area contributed by atoms with Gasteiger partial charge in [0.25, 0.3) is 11.8 Å². The first kappa shape index (κ1) is 19.4. The predicted molar refractivity (Wildman–Crippen MR) is 110 cm³/mol. The van der Waals surface area contributed by atoms with Gasteiger partial charge in [0.1, 0.15) is 0 Å². The maximum atomic E-state index is 12.7. The maximum Gasteiger partial charge on any atom is 0.276 e. The molecule has 0 bridgehead atoms. The summed E-state index contributed by atoms with van der Waals surface area (Å²) in [4.78, 5) is 25.0. The molecule has 1 heterocycles. The Morgan fingerprint density at radius 3 is 2.36 bits per heavy atom. The molecule has 144 valence electrons. The van der Waals surface area contributed by atoms with Crippen LogP contribution in [0.25, 0.3) is 5.69 Å². The fourth-order valence-corrected chi connectivity index (χ4v) is 2.90. The molecule has 2 N–H and O–H groups in total. The number of aromatic nitrogens is 2. The quantitative estimate of drug-likeness (QED) is 0.709. The van der Waals surface area contributed by atoms with E-state index >= 15 is 0 Å². The maximum absolute atomic E-state index is 12.7. The van der Waals surface area contributed by atoms with E-state index in [0.717, 1.165) is 16.9 Å². The predicted octanol–water partition coefficient (Wildman–Crippen LogP) is 3.88. The highest BCUT2D eigenvalue weighted by Crippen LogP contribution is 2.18. The summed E-state index contributed by atoms with van der Waals surface area (Å²) >= 11 is 0. The molecule has 6 heteroatoms. The molecule has 3 aromatic rings. The third-order valence-corrected chi connectivity index (χ3v) is 4.28. The second-order valence-electron chi connectivity index (χ2n) is 7.03. The summed E-state index contributed by atoms with van der Waals surface area (Å²) in [6.07, 6.45) is 0. The van der Waals surface area contributed by atoms with Crippen LogP contribution in [0.1, 0.15) is 46.0 Å². The lowest BCUT2D eigenvalue weighted by molar-refractivity contribution is 0.0941. The molecule has 6 nitrogen and oxygen atoms in total. The van der Waals surface area contributed by atoms with Gasteiger partial charge in [-0.25, -0.2) is 4.68 Å². The molecule has 0 spiro atoms. The lowest BCUT2D eigenvalue weighted by Gasteiger charge is -2.12. The number of hydrogen-bond donors (Lipinski definition) is 2. The molecule has 0 fully saturated rings. The average molecular weight is 376 g/mol. The number of amides is 2. The molecule has 0 radical (unpaired) electrons. The summed E-state index contributed by atoms with van der Waals surface area (Å²) in [5.41, 5.74) is 4.00. The molecule has 2 aromatic carbocycles. The molecule has 0 saturated heterocycles. The van der Waals surface area contributed by atoms with E-state index in [9.17, 15) is 9.59 Å². The Morgan fingerprint density at radius 1 is 0.964 bits per heavy atom. The van der Waals surface area contributed by atoms with Crippen LogP contribution < -0.4 is 10.6 Å². The highest BCUT2D eigenvalue weighted by molar-refractivity contribution is 6.04. The summed E-state index contributed by atoms with van der Waals surface area (Å²) in [5, 5.41) is 10.1. The number of carbonyl (C=O) groups excluding carboxylic acids is 2. The van der Waals surface area contributed by atoms with E-state index in [0.29, 0.717) is 16.9 Å². The van der Waals surface area contributed by atoms with E-state index < -0.39 is 0 Å². The molecular formula is C22H24N4O2. The van der Waals surface area contributed by atoms with Crippen LogP contribution in [0.5, 0.6) is 0 Å². The Morgan fingerprint density at radius 2 is 1.68 bits per heavy atom. The number of benzene rings is 2. The second kappa shape index (κ2) is 8.08. The first-order valence-electron chi connectivity index (χ1n) is 9.20. The number of rotatable bonds is 5. The van der Waals surface area contributed by atoms with E-state index in [2.05, 4.69) is 15.7 Å². The normalized spacial score (nSPS) is 10.8. The SMILES string of the molecule is Cc1ccc(NC(=O)c2cc(C)n(-c3ccccc3)n2)cc1C(=O)NC(C)C. The highest BCUT2D eigenvalue weighted by Gasteiger charge is 2.16. The molecule has 0 aliphatic heterocycles. The van der Waals surface area contributed by atoms with Crippen molar-refractivity contribution in [1.82, 2.24) is 15.1 Å². The Balaban J connectivity index is 1.81. The molecule has 2 amide bonds. The summed E-state index contributed by atoms with van der Waals surface area (Å²) in [6.45, 7) is 7.58. The van der Waals surface area contributed by atoms with E-state index in [1.165, 1.54) is 0 Å². The summed E-state index contributed by atoms with van der Waals surface area (Å²) in [7, 11) is 0. The van der Waals surface area contributed by atoms with Crippen LogP contribution in [0.15, 0.2) is 54.6 Å². The Bertz CT molecular complexity index is 1010. The van der Waals surface area contributed by atoms with E-state index in [-0.39, 0.29) is 17.9 Å². The fourth-order valence-electron chi connectivity index (χ4n) is 2.90. The van der Waals surface area contributed by atoms with Gasteiger partial charge in [-0.2, -0.15) is 5.10 Å². The van der Waals surface area contributed by atoms with Crippen molar-refractivity contribution in [2.24, 2.45) is 0 Å². The Kier molecular flexibility index (Phi) is 5.59. The Hall–Kier alpha value is -3.41. The first-order valence-corrected chi connectivity index (χ1v) is 9.20. The second-order valence-corrected chi connectivity index (χ2v) is 7.03. The zero-order valence-electron chi connectivity index (χ0n) is 16.5. The fraction of sp³-hybridized carbons (Fsp3) is 0.227. The monoisotopic (exact) mass is 376 g/mol. The zero-order valence-corrected chi connectivity index (χ0v) is 16.5. The lowest BCUT2D eigenvalue weighted by Crippen LogP contribution is -2.30. The van der Waals surface area contributed by atoms with Crippen molar-refractivity contribution in [3.63, 3.8) is 0 Å². The number of anilines is 1. The van der Waals surface area contributed by atoms with Gasteiger partial charge in [0, 0.05) is 23.0 Å². The zero-order chi connectivity index (χ0) is 20.3. The summed E-state index contributed by atoms with van der Waals surface area (Å²) in [6, 6.07) is 16.7. The summed E-state index contributed by atoms with van der Waals surface area (Å²) < 4.78 is 1.73. The van der Waals surface area contributed by atoms with Gasteiger partial charge in [0.15, 0.2) is 5.69 Å². The third kappa shape index (κ3) is 4.28. The molecule has 0 unspecified atom stereocenters. The molecule has 1 aromatic heterocycles. The van der Waals surface area contributed by atoms with Crippen molar-refractivity contribution in [2.75, 3.05) is 5.32 Å². The van der Waals surface area contributed by atoms with Crippen LogP contribution in [-0.2, 0) is 0 Å². The average Bonchev–Trinajstić information content (AvgIpc) is 3.05. The number of hydrogen-bond acceptors (Lipinski definition) is 3. The minimum atomic E-state index is -0.322. The van der Waals surface area contributed by atoms with Gasteiger partial charge in [-0.05, 0) is 63.6 Å². The molecule has 3 rings (SSSR count). The molecule has 0 atom stereocenters. The van der Waals surface area contributed by atoms with Gasteiger partial charge < -0.3 is 10.6 Å². The van der Waals surface area contributed by atoms with Crippen LogP contribution in [0, 0.1) is 13.8 Å². The number of nitrogens with one attached hydrogen (secondary N) is 2. The number of aryl methyl sites for hydroxylation is 2. The van der Waals surface area contributed by atoms with Crippen LogP contribution in [-0.4, -0.2) is 27.6 Å². The number of carbonyl (C=O) groups is 2. The largest absolute Gasteiger partial charge is 0.350 e.